The van der Waals surface area contributed by atoms with Crippen LogP contribution < -0.4 is 5.32 Å². The van der Waals surface area contributed by atoms with Crippen LogP contribution in [-0.2, 0) is 53.9 Å². The number of benzene rings is 4. The number of phenols is 1. The first kappa shape index (κ1) is 55.9. The van der Waals surface area contributed by atoms with Crippen molar-refractivity contribution < 1.29 is 83.2 Å². The molecule has 1 amide bonds. The van der Waals surface area contributed by atoms with Gasteiger partial charge in [0.05, 0.1) is 39.9 Å². The third-order valence-electron chi connectivity index (χ3n) is 8.92. The summed E-state index contributed by atoms with van der Waals surface area (Å²) >= 11 is 3.19. The van der Waals surface area contributed by atoms with Crippen LogP contribution in [0.4, 0.5) is 39.3 Å². The minimum absolute atomic E-state index is 0.00385. The number of thioether (sulfide) groups is 1. The number of azo groups is 3. The summed E-state index contributed by atoms with van der Waals surface area (Å²) in [6.45, 7) is 2.57. The van der Waals surface area contributed by atoms with E-state index >= 15 is 0 Å². The summed E-state index contributed by atoms with van der Waals surface area (Å²) in [6.07, 6.45) is 0.715. The number of nitriles is 1. The SMILES string of the molecule is CC(=O)Nc1cc(N=Nc2c(SOOO)cc3c(S(=O)(=O)O)c(N=Nc4c(C)c(C#N)c5nc6ccccc6n5c4O)ccc3c2O)c(S(=O)(=O)O)cc1N=Nc1nnc(SCCSOOO)s1.CS(=O)(=O)O. The smallest absolute Gasteiger partial charge is 0.297 e. The summed E-state index contributed by atoms with van der Waals surface area (Å²) in [5, 5.41) is 90.7. The van der Waals surface area contributed by atoms with Crippen LogP contribution in [-0.4, -0.2) is 103 Å². The molecule has 0 unspecified atom stereocenters. The topological polar surface area (TPSA) is 451 Å². The number of nitrogens with one attached hydrogen (secondary N) is 1. The van der Waals surface area contributed by atoms with Crippen molar-refractivity contribution in [3.05, 3.63) is 65.7 Å². The van der Waals surface area contributed by atoms with Gasteiger partial charge in [-0.05, 0) is 49.4 Å². The van der Waals surface area contributed by atoms with E-state index in [0.29, 0.717) is 33.1 Å². The quantitative estimate of drug-likeness (QED) is 0.00755. The highest BCUT2D eigenvalue weighted by Crippen LogP contribution is 2.48. The standard InChI is InChI=1S/C35H26N12O15S6.CH4O3S/c1-15-19(14-36)32-38-20-5-3-4-6-25(20)47(32)33(50)28(15)42-39-21-8-7-17-18(31(21)68(56,57)58)11-26(66-62-60-52)29(30(17)49)43-41-24-12-22(37-16(2)48)23(13-27(24)67(53,54)55)40-44-34-45-46-35(65-34)63-9-10-64-61-59-51;1-5(2,3)4/h3-8,11-13,49-52H,9-10H2,1-2H3,(H,37,48)(H,53,54,55)(H,56,57,58);1H3,(H,2,3,4). The number of aromatic nitrogens is 4. The molecule has 3 aromatic heterocycles. The first-order valence-electron chi connectivity index (χ1n) is 19.1. The van der Waals surface area contributed by atoms with E-state index in [2.05, 4.69) is 69.9 Å². The van der Waals surface area contributed by atoms with Gasteiger partial charge in [0.1, 0.15) is 44.2 Å². The van der Waals surface area contributed by atoms with Crippen LogP contribution in [0.2, 0.25) is 0 Å². The molecule has 73 heavy (non-hydrogen) atoms. The van der Waals surface area contributed by atoms with E-state index < -0.39 is 85.0 Å². The molecule has 0 aliphatic heterocycles. The lowest BCUT2D eigenvalue weighted by Crippen LogP contribution is -2.07. The Bertz CT molecular complexity index is 3770. The van der Waals surface area contributed by atoms with Crippen LogP contribution in [0.5, 0.6) is 11.6 Å². The molecule has 3 heterocycles. The van der Waals surface area contributed by atoms with Gasteiger partial charge >= 0.3 is 0 Å². The number of fused-ring (bicyclic) bond motifs is 4. The number of phenolic OH excluding ortho intramolecular Hbond substituents is 1. The number of carbonyl (C=O) groups excluding carboxylic acids is 1. The van der Waals surface area contributed by atoms with Gasteiger partial charge in [0, 0.05) is 46.8 Å². The number of nitrogens with zero attached hydrogens (tertiary/aromatic N) is 11. The van der Waals surface area contributed by atoms with E-state index in [4.69, 9.17) is 15.1 Å². The molecule has 4 aromatic carbocycles. The maximum atomic E-state index is 13.1. The van der Waals surface area contributed by atoms with Crippen molar-refractivity contribution in [1.29, 1.82) is 5.26 Å². The molecule has 0 aliphatic rings. The summed E-state index contributed by atoms with van der Waals surface area (Å²) in [5.74, 6) is -1.21. The van der Waals surface area contributed by atoms with Crippen molar-refractivity contribution >= 4 is 150 Å². The van der Waals surface area contributed by atoms with Crippen molar-refractivity contribution in [2.45, 2.75) is 32.9 Å². The lowest BCUT2D eigenvalue weighted by atomic mass is 10.1. The molecule has 37 heteroatoms. The second-order valence-corrected chi connectivity index (χ2v) is 21.9. The van der Waals surface area contributed by atoms with Gasteiger partial charge in [-0.1, -0.05) is 45.3 Å². The van der Waals surface area contributed by atoms with Crippen molar-refractivity contribution in [2.75, 3.05) is 23.1 Å². The second-order valence-electron chi connectivity index (χ2n) is 13.8. The fraction of sp³-hybridized carbons (Fsp3) is 0.139. The molecule has 0 radical (unpaired) electrons. The summed E-state index contributed by atoms with van der Waals surface area (Å²) in [4.78, 5) is 14.4. The van der Waals surface area contributed by atoms with Crippen LogP contribution in [0.15, 0.2) is 104 Å². The lowest BCUT2D eigenvalue weighted by molar-refractivity contribution is -0.432. The van der Waals surface area contributed by atoms with Gasteiger partial charge < -0.3 is 15.5 Å². The molecule has 8 N–H and O–H groups in total. The van der Waals surface area contributed by atoms with Crippen LogP contribution in [0.25, 0.3) is 27.5 Å². The number of hydrogen-bond acceptors (Lipinski definition) is 29. The monoisotopic (exact) mass is 1140 g/mol. The molecule has 30 nitrogen and oxygen atoms in total. The van der Waals surface area contributed by atoms with E-state index in [9.17, 15) is 54.6 Å². The first-order valence-corrected chi connectivity index (χ1v) is 27.3. The first-order chi connectivity index (χ1) is 34.4. The molecular formula is C36H30N12O18S7. The number of carbonyl (C=O) groups is 1. The lowest BCUT2D eigenvalue weighted by Gasteiger charge is -2.13. The van der Waals surface area contributed by atoms with Crippen molar-refractivity contribution in [1.82, 2.24) is 19.6 Å². The fourth-order valence-electron chi connectivity index (χ4n) is 6.20. The maximum Gasteiger partial charge on any atom is 0.297 e. The van der Waals surface area contributed by atoms with Gasteiger partial charge in [-0.3, -0.25) is 22.9 Å². The van der Waals surface area contributed by atoms with Gasteiger partial charge in [0.15, 0.2) is 21.4 Å². The number of aromatic hydroxyl groups is 2. The van der Waals surface area contributed by atoms with Gasteiger partial charge in [-0.2, -0.15) is 30.5 Å². The molecule has 0 atom stereocenters. The fourth-order valence-corrected chi connectivity index (χ4v) is 10.2. The van der Waals surface area contributed by atoms with Crippen molar-refractivity contribution in [3.63, 3.8) is 0 Å². The zero-order valence-electron chi connectivity index (χ0n) is 36.5. The van der Waals surface area contributed by atoms with E-state index in [-0.39, 0.29) is 56.4 Å². The molecule has 0 fully saturated rings. The Balaban J connectivity index is 0.00000166. The molecule has 0 aliphatic carbocycles. The molecule has 384 valence electrons. The van der Waals surface area contributed by atoms with Gasteiger partial charge in [-0.15, -0.1) is 49.6 Å². The highest BCUT2D eigenvalue weighted by Gasteiger charge is 2.27. The molecule has 7 rings (SSSR count). The van der Waals surface area contributed by atoms with Gasteiger partial charge in [-0.25, -0.2) is 15.5 Å². The third kappa shape index (κ3) is 13.8. The number of hydrogen-bond donors (Lipinski definition) is 8. The summed E-state index contributed by atoms with van der Waals surface area (Å²) in [5.41, 5.74) is -1.48. The Kier molecular flexibility index (Phi) is 18.1. The van der Waals surface area contributed by atoms with Gasteiger partial charge in [0.2, 0.25) is 11.8 Å². The second kappa shape index (κ2) is 23.6. The number of rotatable bonds is 18. The zero-order valence-corrected chi connectivity index (χ0v) is 42.2. The van der Waals surface area contributed by atoms with Crippen LogP contribution >= 0.6 is 47.2 Å². The van der Waals surface area contributed by atoms with E-state index in [1.807, 2.05) is 6.07 Å². The largest absolute Gasteiger partial charge is 0.505 e. The van der Waals surface area contributed by atoms with E-state index in [1.165, 1.54) is 23.1 Å². The Morgan fingerprint density at radius 2 is 1.51 bits per heavy atom. The van der Waals surface area contributed by atoms with E-state index in [1.54, 1.807) is 24.3 Å². The summed E-state index contributed by atoms with van der Waals surface area (Å²) in [7, 11) is -14.1. The highest BCUT2D eigenvalue weighted by molar-refractivity contribution is 8.02. The maximum absolute atomic E-state index is 13.1. The minimum atomic E-state index is -5.29. The number of para-hydroxylation sites is 2. The molecule has 7 aromatic rings. The molecular weight excluding hydrogens is 1110 g/mol. The average molecular weight is 1140 g/mol. The molecule has 0 bridgehead atoms. The Labute approximate surface area is 425 Å². The highest BCUT2D eigenvalue weighted by atomic mass is 32.2. The van der Waals surface area contributed by atoms with Gasteiger partial charge in [0.25, 0.3) is 35.5 Å². The van der Waals surface area contributed by atoms with Crippen LogP contribution in [0.3, 0.4) is 0 Å². The number of pyridine rings is 1. The number of imidazole rings is 1. The molecule has 0 saturated carbocycles. The predicted molar refractivity (Wildman–Crippen MR) is 258 cm³/mol. The number of amides is 1. The number of anilines is 1. The average Bonchev–Trinajstić information content (AvgIpc) is 3.93. The van der Waals surface area contributed by atoms with E-state index in [0.717, 1.165) is 60.6 Å². The van der Waals surface area contributed by atoms with Crippen LogP contribution in [0.1, 0.15) is 18.1 Å². The molecule has 0 spiro atoms. The van der Waals surface area contributed by atoms with Crippen molar-refractivity contribution in [2.24, 2.45) is 30.7 Å². The molecule has 0 saturated heterocycles. The zero-order chi connectivity index (χ0) is 53.4. The Morgan fingerprint density at radius 1 is 0.836 bits per heavy atom. The Morgan fingerprint density at radius 3 is 2.16 bits per heavy atom. The summed E-state index contributed by atoms with van der Waals surface area (Å²) in [6, 6.07) is 13.6. The minimum Gasteiger partial charge on any atom is -0.505 e. The predicted octanol–water partition coefficient (Wildman–Crippen LogP) is 8.88. The third-order valence-corrected chi connectivity index (χ3v) is 14.1. The summed E-state index contributed by atoms with van der Waals surface area (Å²) < 4.78 is 109. The van der Waals surface area contributed by atoms with Crippen molar-refractivity contribution in [3.8, 4) is 17.7 Å². The normalized spacial score (nSPS) is 12.4. The van der Waals surface area contributed by atoms with Crippen LogP contribution in [0, 0.1) is 18.3 Å². The Hall–Kier alpha value is -6.45.